The predicted molar refractivity (Wildman–Crippen MR) is 109 cm³/mol. The van der Waals surface area contributed by atoms with Crippen molar-refractivity contribution in [1.29, 1.82) is 0 Å². The van der Waals surface area contributed by atoms with E-state index in [4.69, 9.17) is 4.74 Å². The van der Waals surface area contributed by atoms with Crippen LogP contribution in [0.25, 0.3) is 22.6 Å². The van der Waals surface area contributed by atoms with E-state index in [1.807, 2.05) is 0 Å². The molecule has 0 N–H and O–H groups in total. The number of aryl methyl sites for hydroxylation is 1. The Morgan fingerprint density at radius 1 is 1.34 bits per heavy atom. The highest BCUT2D eigenvalue weighted by Gasteiger charge is 2.47. The molecule has 2 aromatic heterocycles. The molecule has 0 spiro atoms. The van der Waals surface area contributed by atoms with Crippen LogP contribution in [0.4, 0.5) is 14.9 Å². The minimum absolute atomic E-state index is 0.146. The van der Waals surface area contributed by atoms with Crippen molar-refractivity contribution in [1.82, 2.24) is 25.2 Å². The number of rotatable bonds is 5. The second kappa shape index (κ2) is 7.66. The third-order valence-electron chi connectivity index (χ3n) is 5.74. The Hall–Kier alpha value is -3.89. The van der Waals surface area contributed by atoms with Crippen molar-refractivity contribution in [2.24, 2.45) is 7.05 Å². The van der Waals surface area contributed by atoms with Gasteiger partial charge in [0.25, 0.3) is 0 Å². The first kappa shape index (κ1) is 20.0. The number of cyclic esters (lactones) is 1. The largest absolute Gasteiger partial charge is 0.469 e. The molecule has 1 fully saturated rings. The lowest BCUT2D eigenvalue weighted by Gasteiger charge is -2.16. The van der Waals surface area contributed by atoms with Crippen LogP contribution < -0.4 is 4.90 Å². The van der Waals surface area contributed by atoms with Crippen molar-refractivity contribution >= 4 is 17.7 Å². The number of carbonyl (C=O) groups excluding carboxylic acids is 2. The van der Waals surface area contributed by atoms with Gasteiger partial charge in [0.2, 0.25) is 5.82 Å². The van der Waals surface area contributed by atoms with Crippen molar-refractivity contribution in [2.75, 3.05) is 12.0 Å². The molecule has 32 heavy (non-hydrogen) atoms. The summed E-state index contributed by atoms with van der Waals surface area (Å²) in [5, 5.41) is 11.8. The summed E-state index contributed by atoms with van der Waals surface area (Å²) >= 11 is 0. The van der Waals surface area contributed by atoms with Gasteiger partial charge in [-0.05, 0) is 41.8 Å². The number of hydrogen-bond acceptors (Lipinski definition) is 8. The lowest BCUT2D eigenvalue weighted by atomic mass is 9.99. The molecule has 3 aromatic rings. The van der Waals surface area contributed by atoms with Gasteiger partial charge in [0.1, 0.15) is 17.6 Å². The van der Waals surface area contributed by atoms with Gasteiger partial charge in [-0.25, -0.2) is 9.18 Å². The first-order valence-electron chi connectivity index (χ1n) is 10.0. The van der Waals surface area contributed by atoms with E-state index in [9.17, 15) is 9.59 Å². The van der Waals surface area contributed by atoms with Crippen molar-refractivity contribution in [2.45, 2.75) is 31.4 Å². The fourth-order valence-electron chi connectivity index (χ4n) is 4.19. The minimum atomic E-state index is -0.529. The smallest absolute Gasteiger partial charge is 0.415 e. The molecule has 0 radical (unpaired) electrons. The Balaban J connectivity index is 1.41. The number of carbonyl (C=O) groups is 2. The van der Waals surface area contributed by atoms with E-state index in [1.165, 1.54) is 22.9 Å². The molecule has 10 nitrogen and oxygen atoms in total. The highest BCUT2D eigenvalue weighted by atomic mass is 19.1. The number of methoxy groups -OCH3 is 1. The van der Waals surface area contributed by atoms with Crippen LogP contribution in [0.3, 0.4) is 0 Å². The number of tetrazole rings is 1. The minimum Gasteiger partial charge on any atom is -0.469 e. The lowest BCUT2D eigenvalue weighted by Crippen LogP contribution is -2.33. The summed E-state index contributed by atoms with van der Waals surface area (Å²) in [5.74, 6) is -0.455. The van der Waals surface area contributed by atoms with Crippen molar-refractivity contribution in [3.8, 4) is 22.6 Å². The van der Waals surface area contributed by atoms with E-state index >= 15 is 4.39 Å². The molecule has 4 heterocycles. The molecule has 0 saturated carbocycles. The van der Waals surface area contributed by atoms with Gasteiger partial charge in [-0.2, -0.15) is 4.80 Å². The van der Waals surface area contributed by atoms with E-state index in [0.29, 0.717) is 41.2 Å². The van der Waals surface area contributed by atoms with Gasteiger partial charge in [0.15, 0.2) is 0 Å². The molecule has 5 rings (SSSR count). The summed E-state index contributed by atoms with van der Waals surface area (Å²) in [7, 11) is 2.97. The van der Waals surface area contributed by atoms with Crippen molar-refractivity contribution < 1.29 is 23.5 Å². The van der Waals surface area contributed by atoms with Gasteiger partial charge in [-0.1, -0.05) is 6.07 Å². The quantitative estimate of drug-likeness (QED) is 0.558. The second-order valence-electron chi connectivity index (χ2n) is 7.67. The Labute approximate surface area is 181 Å². The standard InChI is InChI=1S/C21H19FN6O4/c1-27-25-20(24-26-27)15-4-3-11(10-23-15)13-7-12-8-17-18(5-6-19(29)31-2)32-21(30)28(17)16(12)9-14(13)22/h3-4,7,9-10,17-18H,5-6,8H2,1-2H3/t17-,18-/m0/s1. The fraction of sp³-hybridized carbons (Fsp3) is 0.333. The number of nitrogens with zero attached hydrogens (tertiary/aromatic N) is 6. The predicted octanol–water partition coefficient (Wildman–Crippen LogP) is 2.28. The summed E-state index contributed by atoms with van der Waals surface area (Å²) < 4.78 is 25.1. The van der Waals surface area contributed by atoms with Crippen molar-refractivity contribution in [3.05, 3.63) is 41.8 Å². The van der Waals surface area contributed by atoms with Gasteiger partial charge in [-0.3, -0.25) is 14.7 Å². The molecule has 1 amide bonds. The Morgan fingerprint density at radius 3 is 2.88 bits per heavy atom. The van der Waals surface area contributed by atoms with Gasteiger partial charge in [0.05, 0.1) is 25.9 Å². The van der Waals surface area contributed by atoms with Gasteiger partial charge in [0, 0.05) is 23.7 Å². The highest BCUT2D eigenvalue weighted by Crippen LogP contribution is 2.42. The maximum absolute atomic E-state index is 15.0. The normalized spacial score (nSPS) is 19.0. The maximum Gasteiger partial charge on any atom is 0.415 e. The zero-order chi connectivity index (χ0) is 22.4. The van der Waals surface area contributed by atoms with E-state index < -0.39 is 18.0 Å². The SMILES string of the molecule is COC(=O)CC[C@@H]1OC(=O)N2c3cc(F)c(-c4ccc(-c5nnn(C)n5)nc4)cc3C[C@@H]12. The Morgan fingerprint density at radius 2 is 2.19 bits per heavy atom. The molecule has 1 aromatic carbocycles. The number of aromatic nitrogens is 5. The molecular formula is C21H19FN6O4. The number of benzene rings is 1. The molecular weight excluding hydrogens is 419 g/mol. The first-order valence-corrected chi connectivity index (χ1v) is 10.0. The summed E-state index contributed by atoms with van der Waals surface area (Å²) in [6, 6.07) is 6.27. The zero-order valence-corrected chi connectivity index (χ0v) is 17.4. The third-order valence-corrected chi connectivity index (χ3v) is 5.74. The maximum atomic E-state index is 15.0. The monoisotopic (exact) mass is 438 g/mol. The van der Waals surface area contributed by atoms with Crippen molar-refractivity contribution in [3.63, 3.8) is 0 Å². The summed E-state index contributed by atoms with van der Waals surface area (Å²) in [4.78, 5) is 31.0. The molecule has 2 aliphatic heterocycles. The summed E-state index contributed by atoms with van der Waals surface area (Å²) in [6.07, 6.45) is 1.58. The van der Waals surface area contributed by atoms with Crippen LogP contribution in [-0.2, 0) is 27.7 Å². The number of halogens is 1. The second-order valence-corrected chi connectivity index (χ2v) is 7.67. The average Bonchev–Trinajstić information content (AvgIpc) is 3.47. The molecule has 0 bridgehead atoms. The van der Waals surface area contributed by atoms with Crippen LogP contribution in [0.2, 0.25) is 0 Å². The molecule has 0 aliphatic carbocycles. The highest BCUT2D eigenvalue weighted by molar-refractivity contribution is 5.94. The number of amides is 1. The van der Waals surface area contributed by atoms with Gasteiger partial charge < -0.3 is 9.47 Å². The number of hydrogen-bond donors (Lipinski definition) is 0. The molecule has 2 atom stereocenters. The number of anilines is 1. The third kappa shape index (κ3) is 3.35. The molecule has 2 aliphatic rings. The fourth-order valence-corrected chi connectivity index (χ4v) is 4.19. The van der Waals surface area contributed by atoms with Gasteiger partial charge >= 0.3 is 12.1 Å². The average molecular weight is 438 g/mol. The van der Waals surface area contributed by atoms with Crippen LogP contribution in [0, 0.1) is 5.82 Å². The van der Waals surface area contributed by atoms with E-state index in [0.717, 1.165) is 5.56 Å². The number of ether oxygens (including phenoxy) is 2. The summed E-state index contributed by atoms with van der Waals surface area (Å²) in [5.41, 5.74) is 2.84. The summed E-state index contributed by atoms with van der Waals surface area (Å²) in [6.45, 7) is 0. The lowest BCUT2D eigenvalue weighted by molar-refractivity contribution is -0.141. The van der Waals surface area contributed by atoms with Crippen LogP contribution >= 0.6 is 0 Å². The topological polar surface area (TPSA) is 112 Å². The van der Waals surface area contributed by atoms with E-state index in [1.54, 1.807) is 31.4 Å². The van der Waals surface area contributed by atoms with E-state index in [-0.39, 0.29) is 18.4 Å². The Bertz CT molecular complexity index is 1210. The van der Waals surface area contributed by atoms with Crippen LogP contribution in [0.1, 0.15) is 18.4 Å². The zero-order valence-electron chi connectivity index (χ0n) is 17.4. The Kier molecular flexibility index (Phi) is 4.80. The molecule has 164 valence electrons. The first-order chi connectivity index (χ1) is 15.4. The van der Waals surface area contributed by atoms with Gasteiger partial charge in [-0.15, -0.1) is 10.2 Å². The molecule has 11 heteroatoms. The van der Waals surface area contributed by atoms with Crippen LogP contribution in [0.5, 0.6) is 0 Å². The molecule has 1 saturated heterocycles. The van der Waals surface area contributed by atoms with E-state index in [2.05, 4.69) is 25.1 Å². The number of fused-ring (bicyclic) bond motifs is 3. The van der Waals surface area contributed by atoms with Crippen LogP contribution in [0.15, 0.2) is 30.5 Å². The number of pyridine rings is 1. The van der Waals surface area contributed by atoms with Crippen LogP contribution in [-0.4, -0.2) is 56.5 Å². The molecule has 0 unspecified atom stereocenters. The number of esters is 1.